The molecule has 1 aliphatic carbocycles. The summed E-state index contributed by atoms with van der Waals surface area (Å²) in [6.45, 7) is 3.00. The van der Waals surface area contributed by atoms with Gasteiger partial charge in [-0.15, -0.1) is 0 Å². The van der Waals surface area contributed by atoms with E-state index in [4.69, 9.17) is 9.15 Å². The van der Waals surface area contributed by atoms with Crippen LogP contribution in [0.15, 0.2) is 27.4 Å². The smallest absolute Gasteiger partial charge is 0.339 e. The van der Waals surface area contributed by atoms with E-state index in [0.717, 1.165) is 42.2 Å². The van der Waals surface area contributed by atoms with Crippen molar-refractivity contribution in [3.05, 3.63) is 39.7 Å². The fourth-order valence-electron chi connectivity index (χ4n) is 3.38. The second-order valence-corrected chi connectivity index (χ2v) is 7.11. The summed E-state index contributed by atoms with van der Waals surface area (Å²) in [5.74, 6) is -1.84. The van der Waals surface area contributed by atoms with Crippen LogP contribution in [0.1, 0.15) is 37.8 Å². The van der Waals surface area contributed by atoms with Crippen LogP contribution in [-0.2, 0) is 22.4 Å². The molecule has 0 saturated heterocycles. The summed E-state index contributed by atoms with van der Waals surface area (Å²) in [4.78, 5) is 35.2. The third-order valence-corrected chi connectivity index (χ3v) is 4.80. The number of hydrogen-bond acceptors (Lipinski definition) is 6. The first-order valence-corrected chi connectivity index (χ1v) is 9.08. The predicted octanol–water partition coefficient (Wildman–Crippen LogP) is 0.941. The lowest BCUT2D eigenvalue weighted by molar-refractivity contribution is -0.309. The maximum Gasteiger partial charge on any atom is 0.339 e. The van der Waals surface area contributed by atoms with Crippen molar-refractivity contribution in [2.75, 3.05) is 6.61 Å². The van der Waals surface area contributed by atoms with Crippen molar-refractivity contribution in [1.82, 2.24) is 5.32 Å². The standard InChI is InChI=1S/C20H23NO6/c1-11(2)18(19(23)24)21-17(22)10-26-12-7-8-14-13-5-3-4-6-15(13)20(25)27-16(14)9-12/h7-9,11,18H,3-6,10H2,1-2H3,(H,21,22)(H,23,24)/p-1/t18-/m0/s1. The lowest BCUT2D eigenvalue weighted by atomic mass is 9.91. The van der Waals surface area contributed by atoms with Gasteiger partial charge in [-0.25, -0.2) is 4.79 Å². The number of aliphatic carboxylic acids is 1. The zero-order valence-corrected chi connectivity index (χ0v) is 15.4. The third kappa shape index (κ3) is 4.13. The fourth-order valence-corrected chi connectivity index (χ4v) is 3.38. The van der Waals surface area contributed by atoms with Gasteiger partial charge in [-0.2, -0.15) is 0 Å². The largest absolute Gasteiger partial charge is 0.548 e. The first-order chi connectivity index (χ1) is 12.9. The highest BCUT2D eigenvalue weighted by Gasteiger charge is 2.19. The molecular weight excluding hydrogens is 350 g/mol. The second-order valence-electron chi connectivity index (χ2n) is 7.11. The SMILES string of the molecule is CC(C)[C@H](NC(=O)COc1ccc2c3c(c(=O)oc2c1)CCCC3)C(=O)[O-]. The number of amides is 1. The maximum atomic E-state index is 12.2. The summed E-state index contributed by atoms with van der Waals surface area (Å²) < 4.78 is 10.8. The summed E-state index contributed by atoms with van der Waals surface area (Å²) >= 11 is 0. The van der Waals surface area contributed by atoms with Crippen molar-refractivity contribution in [3.63, 3.8) is 0 Å². The average Bonchev–Trinajstić information content (AvgIpc) is 2.64. The number of rotatable bonds is 6. The molecule has 1 N–H and O–H groups in total. The van der Waals surface area contributed by atoms with Gasteiger partial charge < -0.3 is 24.4 Å². The van der Waals surface area contributed by atoms with Crippen LogP contribution in [0.5, 0.6) is 5.75 Å². The van der Waals surface area contributed by atoms with Gasteiger partial charge >= 0.3 is 5.63 Å². The van der Waals surface area contributed by atoms with E-state index in [9.17, 15) is 19.5 Å². The Bertz CT molecular complexity index is 930. The molecule has 3 rings (SSSR count). The van der Waals surface area contributed by atoms with E-state index in [1.165, 1.54) is 0 Å². The molecule has 7 heteroatoms. The molecule has 27 heavy (non-hydrogen) atoms. The molecule has 2 aromatic rings. The summed E-state index contributed by atoms with van der Waals surface area (Å²) in [5, 5.41) is 14.3. The van der Waals surface area contributed by atoms with Crippen LogP contribution in [0.3, 0.4) is 0 Å². The molecule has 0 bridgehead atoms. The molecule has 0 aliphatic heterocycles. The van der Waals surface area contributed by atoms with Gasteiger partial charge in [0.2, 0.25) is 0 Å². The number of carboxylic acid groups (broad SMARTS) is 1. The van der Waals surface area contributed by atoms with Crippen LogP contribution in [0.2, 0.25) is 0 Å². The quantitative estimate of drug-likeness (QED) is 0.756. The normalized spacial score (nSPS) is 14.6. The number of nitrogens with one attached hydrogen (secondary N) is 1. The van der Waals surface area contributed by atoms with Crippen molar-refractivity contribution >= 4 is 22.8 Å². The fraction of sp³-hybridized carbons (Fsp3) is 0.450. The Kier molecular flexibility index (Phi) is 5.48. The molecule has 0 saturated carbocycles. The lowest BCUT2D eigenvalue weighted by Gasteiger charge is -2.23. The number of carboxylic acids is 1. The molecule has 1 aromatic carbocycles. The maximum absolute atomic E-state index is 12.2. The van der Waals surface area contributed by atoms with E-state index >= 15 is 0 Å². The number of carbonyl (C=O) groups is 2. The highest BCUT2D eigenvalue weighted by atomic mass is 16.5. The van der Waals surface area contributed by atoms with Crippen molar-refractivity contribution in [2.24, 2.45) is 5.92 Å². The molecule has 0 spiro atoms. The van der Waals surface area contributed by atoms with Crippen molar-refractivity contribution in [3.8, 4) is 5.75 Å². The number of ether oxygens (including phenoxy) is 1. The van der Waals surface area contributed by atoms with E-state index in [0.29, 0.717) is 11.3 Å². The molecular formula is C20H22NO6-. The van der Waals surface area contributed by atoms with Gasteiger partial charge in [0.05, 0.1) is 12.0 Å². The Morgan fingerprint density at radius 2 is 1.93 bits per heavy atom. The average molecular weight is 372 g/mol. The molecule has 0 unspecified atom stereocenters. The van der Waals surface area contributed by atoms with Crippen LogP contribution in [-0.4, -0.2) is 24.5 Å². The molecule has 1 aliphatic rings. The van der Waals surface area contributed by atoms with Crippen LogP contribution in [0.25, 0.3) is 11.0 Å². The van der Waals surface area contributed by atoms with E-state index in [-0.39, 0.29) is 18.2 Å². The summed E-state index contributed by atoms with van der Waals surface area (Å²) in [6, 6.07) is 4.04. The molecule has 0 radical (unpaired) electrons. The molecule has 1 atom stereocenters. The lowest BCUT2D eigenvalue weighted by Crippen LogP contribution is -2.51. The predicted molar refractivity (Wildman–Crippen MR) is 96.4 cm³/mol. The van der Waals surface area contributed by atoms with Crippen molar-refractivity contribution in [1.29, 1.82) is 0 Å². The minimum atomic E-state index is -1.34. The van der Waals surface area contributed by atoms with E-state index in [2.05, 4.69) is 5.32 Å². The van der Waals surface area contributed by atoms with Crippen LogP contribution < -0.4 is 20.8 Å². The van der Waals surface area contributed by atoms with Gasteiger partial charge in [-0.1, -0.05) is 13.8 Å². The van der Waals surface area contributed by atoms with Gasteiger partial charge in [0.1, 0.15) is 11.3 Å². The van der Waals surface area contributed by atoms with Crippen molar-refractivity contribution < 1.29 is 23.8 Å². The number of fused-ring (bicyclic) bond motifs is 3. The minimum absolute atomic E-state index is 0.305. The Balaban J connectivity index is 1.74. The highest BCUT2D eigenvalue weighted by molar-refractivity contribution is 5.85. The second kappa shape index (κ2) is 7.82. The van der Waals surface area contributed by atoms with E-state index in [1.54, 1.807) is 26.0 Å². The van der Waals surface area contributed by atoms with Gasteiger partial charge in [0, 0.05) is 17.0 Å². The Labute approximate surface area is 156 Å². The zero-order chi connectivity index (χ0) is 19.6. The van der Waals surface area contributed by atoms with E-state index < -0.39 is 17.9 Å². The number of carbonyl (C=O) groups excluding carboxylic acids is 2. The van der Waals surface area contributed by atoms with Gasteiger partial charge in [0.25, 0.3) is 5.91 Å². The van der Waals surface area contributed by atoms with Crippen molar-refractivity contribution in [2.45, 2.75) is 45.6 Å². The van der Waals surface area contributed by atoms with Crippen LogP contribution in [0, 0.1) is 5.92 Å². The summed E-state index contributed by atoms with van der Waals surface area (Å²) in [7, 11) is 0. The molecule has 144 valence electrons. The van der Waals surface area contributed by atoms with Gasteiger partial charge in [-0.3, -0.25) is 4.79 Å². The monoisotopic (exact) mass is 372 g/mol. The summed E-state index contributed by atoms with van der Waals surface area (Å²) in [6.07, 6.45) is 3.61. The summed E-state index contributed by atoms with van der Waals surface area (Å²) in [5.41, 5.74) is 1.89. The molecule has 1 amide bonds. The van der Waals surface area contributed by atoms with Gasteiger partial charge in [-0.05, 0) is 49.3 Å². The topological polar surface area (TPSA) is 109 Å². The number of aryl methyl sites for hydroxylation is 1. The van der Waals surface area contributed by atoms with Gasteiger partial charge in [0.15, 0.2) is 6.61 Å². The number of benzene rings is 1. The number of hydrogen-bond donors (Lipinski definition) is 1. The first kappa shape index (κ1) is 18.9. The molecule has 7 nitrogen and oxygen atoms in total. The minimum Gasteiger partial charge on any atom is -0.548 e. The zero-order valence-electron chi connectivity index (χ0n) is 15.4. The van der Waals surface area contributed by atoms with Crippen LogP contribution in [0.4, 0.5) is 0 Å². The first-order valence-electron chi connectivity index (χ1n) is 9.08. The highest BCUT2D eigenvalue weighted by Crippen LogP contribution is 2.29. The molecule has 1 heterocycles. The molecule has 1 aromatic heterocycles. The Morgan fingerprint density at radius 3 is 2.59 bits per heavy atom. The molecule has 0 fully saturated rings. The Morgan fingerprint density at radius 1 is 1.22 bits per heavy atom. The van der Waals surface area contributed by atoms with Crippen LogP contribution >= 0.6 is 0 Å². The van der Waals surface area contributed by atoms with E-state index in [1.807, 2.05) is 6.07 Å². The third-order valence-electron chi connectivity index (χ3n) is 4.80. The Hall–Kier alpha value is -2.83.